The van der Waals surface area contributed by atoms with Gasteiger partial charge in [-0.1, -0.05) is 6.58 Å². The Balaban J connectivity index is 2.67. The number of rotatable bonds is 2. The Morgan fingerprint density at radius 1 is 1.28 bits per heavy atom. The Morgan fingerprint density at radius 2 is 2.00 bits per heavy atom. The molecule has 0 aromatic rings. The van der Waals surface area contributed by atoms with Crippen molar-refractivity contribution in [3.63, 3.8) is 0 Å². The van der Waals surface area contributed by atoms with Crippen molar-refractivity contribution in [3.05, 3.63) is 24.3 Å². The first-order valence-electron chi connectivity index (χ1n) is 5.82. The molecule has 0 aromatic heterocycles. The molecule has 0 saturated carbocycles. The molecule has 1 fully saturated rings. The van der Waals surface area contributed by atoms with Crippen molar-refractivity contribution in [1.29, 1.82) is 0 Å². The number of aliphatic imine (C=N–C) groups is 1. The van der Waals surface area contributed by atoms with Crippen LogP contribution >= 0.6 is 0 Å². The highest BCUT2D eigenvalue weighted by Gasteiger charge is 2.29. The molecule has 1 aliphatic rings. The van der Waals surface area contributed by atoms with Gasteiger partial charge in [0.15, 0.2) is 0 Å². The van der Waals surface area contributed by atoms with E-state index in [-0.39, 0.29) is 0 Å². The SMILES string of the molecule is C=C(/C=C\C(=NC)N1CCCNCC1)C(F)(F)F. The molecule has 1 N–H and O–H groups in total. The molecule has 1 rings (SSSR count). The highest BCUT2D eigenvalue weighted by molar-refractivity contribution is 5.93. The second-order valence-corrected chi connectivity index (χ2v) is 4.03. The van der Waals surface area contributed by atoms with Gasteiger partial charge in [-0.3, -0.25) is 4.99 Å². The molecule has 0 unspecified atom stereocenters. The van der Waals surface area contributed by atoms with E-state index in [1.807, 2.05) is 4.90 Å². The summed E-state index contributed by atoms with van der Waals surface area (Å²) in [5.74, 6) is 0.559. The lowest BCUT2D eigenvalue weighted by molar-refractivity contribution is -0.0878. The molecular weight excluding hydrogens is 243 g/mol. The van der Waals surface area contributed by atoms with Crippen molar-refractivity contribution in [3.8, 4) is 0 Å². The standard InChI is InChI=1S/C12H18F3N3/c1-10(12(13,14)15)4-5-11(16-2)18-8-3-6-17-7-9-18/h4-5,17H,1,3,6-9H2,2H3/b5-4-,16-11?. The van der Waals surface area contributed by atoms with E-state index in [0.717, 1.165) is 38.7 Å². The van der Waals surface area contributed by atoms with Crippen LogP contribution in [0.5, 0.6) is 0 Å². The van der Waals surface area contributed by atoms with Crippen LogP contribution in [0, 0.1) is 0 Å². The number of hydrogen-bond acceptors (Lipinski definition) is 2. The fourth-order valence-electron chi connectivity index (χ4n) is 1.67. The zero-order valence-electron chi connectivity index (χ0n) is 10.4. The number of amidine groups is 1. The molecule has 0 atom stereocenters. The van der Waals surface area contributed by atoms with E-state index in [1.54, 1.807) is 7.05 Å². The molecule has 0 radical (unpaired) electrons. The van der Waals surface area contributed by atoms with Gasteiger partial charge >= 0.3 is 6.18 Å². The van der Waals surface area contributed by atoms with Crippen molar-refractivity contribution < 1.29 is 13.2 Å². The largest absolute Gasteiger partial charge is 0.415 e. The zero-order valence-corrected chi connectivity index (χ0v) is 10.4. The van der Waals surface area contributed by atoms with Crippen LogP contribution in [0.3, 0.4) is 0 Å². The Kier molecular flexibility index (Phi) is 5.40. The summed E-state index contributed by atoms with van der Waals surface area (Å²) in [6.07, 6.45) is -1.08. The summed E-state index contributed by atoms with van der Waals surface area (Å²) < 4.78 is 36.9. The van der Waals surface area contributed by atoms with Gasteiger partial charge in [-0.05, 0) is 25.1 Å². The van der Waals surface area contributed by atoms with Crippen LogP contribution in [0.1, 0.15) is 6.42 Å². The lowest BCUT2D eigenvalue weighted by atomic mass is 10.2. The van der Waals surface area contributed by atoms with E-state index in [0.29, 0.717) is 5.84 Å². The third-order valence-corrected chi connectivity index (χ3v) is 2.69. The molecule has 1 aliphatic heterocycles. The second kappa shape index (κ2) is 6.58. The molecule has 0 aliphatic carbocycles. The molecule has 18 heavy (non-hydrogen) atoms. The summed E-state index contributed by atoms with van der Waals surface area (Å²) in [6.45, 7) is 6.27. The predicted molar refractivity (Wildman–Crippen MR) is 66.8 cm³/mol. The van der Waals surface area contributed by atoms with E-state index >= 15 is 0 Å². The number of nitrogens with zero attached hydrogens (tertiary/aromatic N) is 2. The molecule has 0 amide bonds. The fourth-order valence-corrected chi connectivity index (χ4v) is 1.67. The van der Waals surface area contributed by atoms with E-state index < -0.39 is 11.7 Å². The van der Waals surface area contributed by atoms with Crippen molar-refractivity contribution in [2.24, 2.45) is 4.99 Å². The van der Waals surface area contributed by atoms with Crippen LogP contribution in [-0.2, 0) is 0 Å². The molecular formula is C12H18F3N3. The van der Waals surface area contributed by atoms with Gasteiger partial charge in [0.1, 0.15) is 5.84 Å². The number of halogens is 3. The predicted octanol–water partition coefficient (Wildman–Crippen LogP) is 1.98. The van der Waals surface area contributed by atoms with Crippen molar-refractivity contribution >= 4 is 5.84 Å². The smallest absolute Gasteiger partial charge is 0.356 e. The minimum absolute atomic E-state index is 0.559. The molecule has 1 saturated heterocycles. The number of alkyl halides is 3. The van der Waals surface area contributed by atoms with Gasteiger partial charge in [0.2, 0.25) is 0 Å². The summed E-state index contributed by atoms with van der Waals surface area (Å²) in [4.78, 5) is 6.00. The minimum atomic E-state index is -4.38. The molecule has 0 aromatic carbocycles. The van der Waals surface area contributed by atoms with Crippen LogP contribution < -0.4 is 5.32 Å². The quantitative estimate of drug-likeness (QED) is 0.467. The summed E-state index contributed by atoms with van der Waals surface area (Å²) in [7, 11) is 1.58. The van der Waals surface area contributed by atoms with E-state index in [1.165, 1.54) is 6.08 Å². The third kappa shape index (κ3) is 4.52. The van der Waals surface area contributed by atoms with Gasteiger partial charge in [0, 0.05) is 32.3 Å². The van der Waals surface area contributed by atoms with E-state index in [4.69, 9.17) is 0 Å². The average molecular weight is 261 g/mol. The molecule has 102 valence electrons. The van der Waals surface area contributed by atoms with Crippen LogP contribution in [0.25, 0.3) is 0 Å². The van der Waals surface area contributed by atoms with E-state index in [2.05, 4.69) is 16.9 Å². The fraction of sp³-hybridized carbons (Fsp3) is 0.583. The number of hydrogen-bond donors (Lipinski definition) is 1. The highest BCUT2D eigenvalue weighted by Crippen LogP contribution is 2.24. The maximum Gasteiger partial charge on any atom is 0.415 e. The van der Waals surface area contributed by atoms with Gasteiger partial charge in [0.25, 0.3) is 0 Å². The zero-order chi connectivity index (χ0) is 13.6. The maximum absolute atomic E-state index is 12.3. The van der Waals surface area contributed by atoms with Crippen LogP contribution in [0.4, 0.5) is 13.2 Å². The Hall–Kier alpha value is -1.30. The number of allylic oxidation sites excluding steroid dienone is 2. The van der Waals surface area contributed by atoms with Crippen LogP contribution in [-0.4, -0.2) is 50.1 Å². The van der Waals surface area contributed by atoms with Gasteiger partial charge < -0.3 is 10.2 Å². The Morgan fingerprint density at radius 3 is 2.61 bits per heavy atom. The van der Waals surface area contributed by atoms with Crippen molar-refractivity contribution in [2.45, 2.75) is 12.6 Å². The van der Waals surface area contributed by atoms with Gasteiger partial charge in [-0.15, -0.1) is 0 Å². The third-order valence-electron chi connectivity index (χ3n) is 2.69. The molecule has 3 nitrogen and oxygen atoms in total. The Bertz CT molecular complexity index is 337. The highest BCUT2D eigenvalue weighted by atomic mass is 19.4. The minimum Gasteiger partial charge on any atom is -0.356 e. The van der Waals surface area contributed by atoms with Gasteiger partial charge in [0.05, 0.1) is 0 Å². The van der Waals surface area contributed by atoms with E-state index in [9.17, 15) is 13.2 Å². The van der Waals surface area contributed by atoms with Gasteiger partial charge in [-0.25, -0.2) is 0 Å². The Labute approximate surface area is 105 Å². The first-order chi connectivity index (χ1) is 8.45. The first-order valence-corrected chi connectivity index (χ1v) is 5.82. The average Bonchev–Trinajstić information content (AvgIpc) is 2.57. The summed E-state index contributed by atoms with van der Waals surface area (Å²) >= 11 is 0. The lowest BCUT2D eigenvalue weighted by Crippen LogP contribution is -2.33. The van der Waals surface area contributed by atoms with Crippen molar-refractivity contribution in [1.82, 2.24) is 10.2 Å². The molecule has 0 bridgehead atoms. The van der Waals surface area contributed by atoms with Crippen LogP contribution in [0.15, 0.2) is 29.3 Å². The maximum atomic E-state index is 12.3. The summed E-state index contributed by atoms with van der Waals surface area (Å²) in [5, 5.41) is 3.23. The lowest BCUT2D eigenvalue weighted by Gasteiger charge is -2.21. The van der Waals surface area contributed by atoms with Gasteiger partial charge in [-0.2, -0.15) is 13.2 Å². The topological polar surface area (TPSA) is 27.6 Å². The summed E-state index contributed by atoms with van der Waals surface area (Å²) in [5.41, 5.74) is -0.864. The second-order valence-electron chi connectivity index (χ2n) is 4.03. The summed E-state index contributed by atoms with van der Waals surface area (Å²) in [6, 6.07) is 0. The van der Waals surface area contributed by atoms with Crippen molar-refractivity contribution in [2.75, 3.05) is 33.2 Å². The molecule has 0 spiro atoms. The number of nitrogens with one attached hydrogen (secondary N) is 1. The molecule has 6 heteroatoms. The molecule has 1 heterocycles. The van der Waals surface area contributed by atoms with Crippen LogP contribution in [0.2, 0.25) is 0 Å². The first kappa shape index (κ1) is 14.8. The monoisotopic (exact) mass is 261 g/mol. The normalized spacial score (nSPS) is 19.1.